The van der Waals surface area contributed by atoms with Gasteiger partial charge in [0.1, 0.15) is 0 Å². The number of amides is 1. The van der Waals surface area contributed by atoms with Gasteiger partial charge in [0.2, 0.25) is 5.91 Å². The van der Waals surface area contributed by atoms with Crippen LogP contribution < -0.4 is 11.1 Å². The van der Waals surface area contributed by atoms with Gasteiger partial charge in [-0.3, -0.25) is 4.79 Å². The summed E-state index contributed by atoms with van der Waals surface area (Å²) in [5.74, 6) is 0.0292. The quantitative estimate of drug-likeness (QED) is 0.848. The van der Waals surface area contributed by atoms with E-state index >= 15 is 0 Å². The number of carbonyl (C=O) groups is 1. The Hall–Kier alpha value is -0.390. The maximum atomic E-state index is 12.3. The van der Waals surface area contributed by atoms with E-state index in [1.165, 1.54) is 0 Å². The van der Waals surface area contributed by atoms with Crippen molar-refractivity contribution >= 4 is 43.5 Å². The predicted octanol–water partition coefficient (Wildman–Crippen LogP) is 3.59. The fraction of sp³-hybridized carbons (Fsp3) is 0.462. The van der Waals surface area contributed by atoms with Gasteiger partial charge in [0, 0.05) is 15.5 Å². The summed E-state index contributed by atoms with van der Waals surface area (Å²) in [5, 5.41) is 2.99. The Labute approximate surface area is 124 Å². The standard InChI is InChI=1S/C13H16Br2N2O/c1-8-5-9(14)11(10(15)6-8)17-12(18)13(7-16)3-2-4-13/h5-6H,2-4,7,16H2,1H3,(H,17,18). The van der Waals surface area contributed by atoms with E-state index < -0.39 is 0 Å². The molecule has 0 radical (unpaired) electrons. The molecule has 18 heavy (non-hydrogen) atoms. The number of anilines is 1. The molecule has 0 bridgehead atoms. The van der Waals surface area contributed by atoms with Gasteiger partial charge in [-0.1, -0.05) is 6.42 Å². The normalized spacial score (nSPS) is 17.1. The zero-order chi connectivity index (χ0) is 13.3. The van der Waals surface area contributed by atoms with Crippen molar-refractivity contribution in [3.63, 3.8) is 0 Å². The SMILES string of the molecule is Cc1cc(Br)c(NC(=O)C2(CN)CCC2)c(Br)c1. The molecule has 1 saturated carbocycles. The van der Waals surface area contributed by atoms with E-state index in [1.807, 2.05) is 19.1 Å². The number of nitrogens with two attached hydrogens (primary N) is 1. The van der Waals surface area contributed by atoms with Gasteiger partial charge in [-0.05, 0) is 69.3 Å². The van der Waals surface area contributed by atoms with Crippen LogP contribution >= 0.6 is 31.9 Å². The third kappa shape index (κ3) is 2.49. The molecule has 0 spiro atoms. The summed E-state index contributed by atoms with van der Waals surface area (Å²) < 4.78 is 1.77. The summed E-state index contributed by atoms with van der Waals surface area (Å²) in [7, 11) is 0. The van der Waals surface area contributed by atoms with Crippen molar-refractivity contribution in [3.05, 3.63) is 26.6 Å². The molecular formula is C13H16Br2N2O. The first kappa shape index (κ1) is 14.0. The molecule has 1 fully saturated rings. The molecule has 1 aliphatic rings. The van der Waals surface area contributed by atoms with Crippen molar-refractivity contribution in [1.29, 1.82) is 0 Å². The van der Waals surface area contributed by atoms with Crippen molar-refractivity contribution < 1.29 is 4.79 Å². The van der Waals surface area contributed by atoms with Gasteiger partial charge < -0.3 is 11.1 Å². The first-order chi connectivity index (χ1) is 8.48. The van der Waals surface area contributed by atoms with Gasteiger partial charge in [0.15, 0.2) is 0 Å². The van der Waals surface area contributed by atoms with E-state index in [0.29, 0.717) is 6.54 Å². The van der Waals surface area contributed by atoms with Gasteiger partial charge in [0.25, 0.3) is 0 Å². The average Bonchev–Trinajstić information content (AvgIpc) is 2.22. The number of benzene rings is 1. The largest absolute Gasteiger partial charge is 0.329 e. The van der Waals surface area contributed by atoms with Crippen LogP contribution in [0, 0.1) is 12.3 Å². The maximum Gasteiger partial charge on any atom is 0.231 e. The monoisotopic (exact) mass is 374 g/mol. The van der Waals surface area contributed by atoms with Crippen molar-refractivity contribution in [3.8, 4) is 0 Å². The molecule has 98 valence electrons. The van der Waals surface area contributed by atoms with Crippen LogP contribution in [-0.4, -0.2) is 12.5 Å². The van der Waals surface area contributed by atoms with Crippen molar-refractivity contribution in [1.82, 2.24) is 0 Å². The molecule has 0 aliphatic heterocycles. The lowest BCUT2D eigenvalue weighted by atomic mass is 9.68. The molecule has 2 rings (SSSR count). The van der Waals surface area contributed by atoms with E-state index in [4.69, 9.17) is 5.73 Å². The van der Waals surface area contributed by atoms with Crippen LogP contribution in [0.1, 0.15) is 24.8 Å². The van der Waals surface area contributed by atoms with Gasteiger partial charge >= 0.3 is 0 Å². The number of nitrogens with one attached hydrogen (secondary N) is 1. The van der Waals surface area contributed by atoms with E-state index in [2.05, 4.69) is 37.2 Å². The fourth-order valence-electron chi connectivity index (χ4n) is 2.19. The molecule has 0 unspecified atom stereocenters. The Bertz CT molecular complexity index is 455. The van der Waals surface area contributed by atoms with Crippen LogP contribution in [0.3, 0.4) is 0 Å². The second-order valence-corrected chi connectivity index (χ2v) is 6.60. The predicted molar refractivity (Wildman–Crippen MR) is 80.5 cm³/mol. The third-order valence-corrected chi connectivity index (χ3v) is 4.86. The molecule has 1 aliphatic carbocycles. The van der Waals surface area contributed by atoms with Gasteiger partial charge in [0.05, 0.1) is 11.1 Å². The summed E-state index contributed by atoms with van der Waals surface area (Å²) >= 11 is 6.96. The molecule has 1 aromatic rings. The molecule has 1 amide bonds. The molecular weight excluding hydrogens is 360 g/mol. The highest BCUT2D eigenvalue weighted by Crippen LogP contribution is 2.42. The van der Waals surface area contributed by atoms with Crippen LogP contribution in [0.4, 0.5) is 5.69 Å². The Balaban J connectivity index is 2.22. The Kier molecular flexibility index (Phi) is 4.14. The maximum absolute atomic E-state index is 12.3. The minimum atomic E-state index is -0.357. The number of hydrogen-bond donors (Lipinski definition) is 2. The van der Waals surface area contributed by atoms with Gasteiger partial charge in [-0.15, -0.1) is 0 Å². The average molecular weight is 376 g/mol. The van der Waals surface area contributed by atoms with Crippen molar-refractivity contribution in [2.24, 2.45) is 11.1 Å². The second-order valence-electron chi connectivity index (χ2n) is 4.90. The molecule has 0 aromatic heterocycles. The molecule has 0 saturated heterocycles. The molecule has 3 N–H and O–H groups in total. The van der Waals surface area contributed by atoms with E-state index in [0.717, 1.165) is 39.5 Å². The summed E-state index contributed by atoms with van der Waals surface area (Å²) in [6, 6.07) is 3.96. The molecule has 0 atom stereocenters. The van der Waals surface area contributed by atoms with Crippen molar-refractivity contribution in [2.75, 3.05) is 11.9 Å². The van der Waals surface area contributed by atoms with E-state index in [1.54, 1.807) is 0 Å². The van der Waals surface area contributed by atoms with Crippen LogP contribution in [-0.2, 0) is 4.79 Å². The molecule has 1 aromatic carbocycles. The minimum absolute atomic E-state index is 0.0292. The summed E-state index contributed by atoms with van der Waals surface area (Å²) in [4.78, 5) is 12.3. The zero-order valence-electron chi connectivity index (χ0n) is 10.2. The number of hydrogen-bond acceptors (Lipinski definition) is 2. The first-order valence-corrected chi connectivity index (χ1v) is 7.54. The number of carbonyl (C=O) groups excluding carboxylic acids is 1. The lowest BCUT2D eigenvalue weighted by molar-refractivity contribution is -0.129. The number of halogens is 2. The van der Waals surface area contributed by atoms with E-state index in [-0.39, 0.29) is 11.3 Å². The summed E-state index contributed by atoms with van der Waals surface area (Å²) in [6.45, 7) is 2.42. The van der Waals surface area contributed by atoms with Crippen LogP contribution in [0.5, 0.6) is 0 Å². The highest BCUT2D eigenvalue weighted by Gasteiger charge is 2.43. The number of aryl methyl sites for hydroxylation is 1. The molecule has 0 heterocycles. The van der Waals surface area contributed by atoms with Crippen LogP contribution in [0.2, 0.25) is 0 Å². The van der Waals surface area contributed by atoms with Gasteiger partial charge in [-0.25, -0.2) is 0 Å². The highest BCUT2D eigenvalue weighted by molar-refractivity contribution is 9.11. The molecule has 3 nitrogen and oxygen atoms in total. The fourth-order valence-corrected chi connectivity index (χ4v) is 3.81. The topological polar surface area (TPSA) is 55.1 Å². The van der Waals surface area contributed by atoms with Crippen LogP contribution in [0.15, 0.2) is 21.1 Å². The molecule has 5 heteroatoms. The number of rotatable bonds is 3. The Morgan fingerprint density at radius 1 is 1.39 bits per heavy atom. The Morgan fingerprint density at radius 2 is 1.94 bits per heavy atom. The Morgan fingerprint density at radius 3 is 2.33 bits per heavy atom. The highest BCUT2D eigenvalue weighted by atomic mass is 79.9. The van der Waals surface area contributed by atoms with Crippen molar-refractivity contribution in [2.45, 2.75) is 26.2 Å². The lowest BCUT2D eigenvalue weighted by Crippen LogP contribution is -2.47. The summed E-state index contributed by atoms with van der Waals surface area (Å²) in [5.41, 5.74) is 7.29. The lowest BCUT2D eigenvalue weighted by Gasteiger charge is -2.39. The third-order valence-electron chi connectivity index (χ3n) is 3.61. The zero-order valence-corrected chi connectivity index (χ0v) is 13.4. The van der Waals surface area contributed by atoms with E-state index in [9.17, 15) is 4.79 Å². The van der Waals surface area contributed by atoms with Gasteiger partial charge in [-0.2, -0.15) is 0 Å². The summed E-state index contributed by atoms with van der Waals surface area (Å²) in [6.07, 6.45) is 2.85. The second kappa shape index (κ2) is 5.31. The minimum Gasteiger partial charge on any atom is -0.329 e. The first-order valence-electron chi connectivity index (χ1n) is 5.96. The van der Waals surface area contributed by atoms with Crippen LogP contribution in [0.25, 0.3) is 0 Å². The smallest absolute Gasteiger partial charge is 0.231 e.